The Morgan fingerprint density at radius 3 is 2.95 bits per heavy atom. The van der Waals surface area contributed by atoms with Gasteiger partial charge in [-0.15, -0.1) is 11.3 Å². The predicted octanol–water partition coefficient (Wildman–Crippen LogP) is 3.92. The third kappa shape index (κ3) is 4.31. The van der Waals surface area contributed by atoms with Gasteiger partial charge in [0.15, 0.2) is 5.11 Å². The van der Waals surface area contributed by atoms with Crippen LogP contribution in [0.25, 0.3) is 10.2 Å². The summed E-state index contributed by atoms with van der Waals surface area (Å²) in [4.78, 5) is 6.80. The molecule has 2 aromatic rings. The van der Waals surface area contributed by atoms with Crippen LogP contribution in [0.2, 0.25) is 0 Å². The zero-order chi connectivity index (χ0) is 15.2. The number of nitrogens with zero attached hydrogens (tertiary/aromatic N) is 2. The van der Waals surface area contributed by atoms with Gasteiger partial charge < -0.3 is 10.2 Å². The van der Waals surface area contributed by atoms with E-state index < -0.39 is 0 Å². The van der Waals surface area contributed by atoms with Crippen LogP contribution in [0.1, 0.15) is 24.4 Å². The number of thiazole rings is 1. The van der Waals surface area contributed by atoms with E-state index in [1.54, 1.807) is 11.3 Å². The largest absolute Gasteiger partial charge is 0.363 e. The quantitative estimate of drug-likeness (QED) is 0.636. The maximum absolute atomic E-state index is 5.47. The van der Waals surface area contributed by atoms with Crippen LogP contribution in [0.15, 0.2) is 24.3 Å². The van der Waals surface area contributed by atoms with E-state index in [9.17, 15) is 0 Å². The van der Waals surface area contributed by atoms with Gasteiger partial charge in [-0.05, 0) is 49.7 Å². The molecule has 2 rings (SSSR count). The first kappa shape index (κ1) is 16.5. The molecule has 6 heteroatoms. The maximum atomic E-state index is 5.47. The summed E-state index contributed by atoms with van der Waals surface area (Å²) < 4.78 is 1.23. The lowest BCUT2D eigenvalue weighted by Crippen LogP contribution is -2.39. The number of thiocarbonyl (C=S) groups is 1. The van der Waals surface area contributed by atoms with Crippen LogP contribution in [-0.2, 0) is 0 Å². The number of fused-ring (bicyclic) bond motifs is 1. The zero-order valence-corrected chi connectivity index (χ0v) is 15.1. The summed E-state index contributed by atoms with van der Waals surface area (Å²) in [6, 6.07) is 8.43. The standard InChI is InChI=1S/C15H21N3S3/c1-11(18(2)15(19)16-9-6-10-20-3)14-17-12-7-4-5-8-13(12)21-14/h4-5,7-8,11H,6,9-10H2,1-3H3,(H,16,19)/t11-/m1/s1. The van der Waals surface area contributed by atoms with E-state index in [1.165, 1.54) is 4.70 Å². The maximum Gasteiger partial charge on any atom is 0.169 e. The second kappa shape index (κ2) is 7.96. The van der Waals surface area contributed by atoms with Gasteiger partial charge in [0.2, 0.25) is 0 Å². The van der Waals surface area contributed by atoms with Gasteiger partial charge in [0.05, 0.1) is 16.3 Å². The van der Waals surface area contributed by atoms with Gasteiger partial charge in [0, 0.05) is 13.6 Å². The average Bonchev–Trinajstić information content (AvgIpc) is 2.93. The monoisotopic (exact) mass is 339 g/mol. The van der Waals surface area contributed by atoms with Crippen LogP contribution in [0.3, 0.4) is 0 Å². The third-order valence-electron chi connectivity index (χ3n) is 3.37. The van der Waals surface area contributed by atoms with E-state index in [1.807, 2.05) is 24.9 Å². The van der Waals surface area contributed by atoms with Gasteiger partial charge in [-0.2, -0.15) is 11.8 Å². The van der Waals surface area contributed by atoms with Crippen molar-refractivity contribution in [3.63, 3.8) is 0 Å². The minimum atomic E-state index is 0.183. The van der Waals surface area contributed by atoms with Crippen molar-refractivity contribution >= 4 is 50.6 Å². The highest BCUT2D eigenvalue weighted by atomic mass is 32.2. The first-order valence-electron chi connectivity index (χ1n) is 6.98. The molecule has 0 saturated carbocycles. The number of rotatable bonds is 6. The second-order valence-electron chi connectivity index (χ2n) is 4.88. The first-order valence-corrected chi connectivity index (χ1v) is 9.60. The predicted molar refractivity (Wildman–Crippen MR) is 99.4 cm³/mol. The number of aromatic nitrogens is 1. The topological polar surface area (TPSA) is 28.2 Å². The Balaban J connectivity index is 1.97. The molecule has 1 aromatic heterocycles. The van der Waals surface area contributed by atoms with Crippen LogP contribution in [-0.4, -0.2) is 40.6 Å². The Hall–Kier alpha value is -0.850. The lowest BCUT2D eigenvalue weighted by Gasteiger charge is -2.26. The van der Waals surface area contributed by atoms with Crippen LogP contribution in [0, 0.1) is 0 Å². The van der Waals surface area contributed by atoms with E-state index in [2.05, 4.69) is 41.6 Å². The summed E-state index contributed by atoms with van der Waals surface area (Å²) in [5, 5.41) is 5.22. The summed E-state index contributed by atoms with van der Waals surface area (Å²) in [5.41, 5.74) is 1.07. The Kier molecular flexibility index (Phi) is 6.26. The van der Waals surface area contributed by atoms with Crippen molar-refractivity contribution in [3.8, 4) is 0 Å². The first-order chi connectivity index (χ1) is 10.1. The van der Waals surface area contributed by atoms with E-state index in [0.29, 0.717) is 0 Å². The highest BCUT2D eigenvalue weighted by Gasteiger charge is 2.18. The zero-order valence-electron chi connectivity index (χ0n) is 12.6. The van der Waals surface area contributed by atoms with Crippen LogP contribution in [0.4, 0.5) is 0 Å². The summed E-state index contributed by atoms with van der Waals surface area (Å²) in [6.07, 6.45) is 3.25. The second-order valence-corrected chi connectivity index (χ2v) is 7.32. The molecule has 0 aliphatic rings. The Labute approximate surface area is 140 Å². The molecule has 0 saturated heterocycles. The molecule has 3 nitrogen and oxygen atoms in total. The fourth-order valence-electron chi connectivity index (χ4n) is 1.95. The van der Waals surface area contributed by atoms with Crippen LogP contribution >= 0.6 is 35.3 Å². The molecule has 0 spiro atoms. The summed E-state index contributed by atoms with van der Waals surface area (Å²) >= 11 is 9.07. The summed E-state index contributed by atoms with van der Waals surface area (Å²) in [6.45, 7) is 3.07. The fraction of sp³-hybridized carbons (Fsp3) is 0.467. The number of benzene rings is 1. The van der Waals surface area contributed by atoms with Gasteiger partial charge in [-0.25, -0.2) is 4.98 Å². The molecule has 1 atom stereocenters. The minimum Gasteiger partial charge on any atom is -0.363 e. The molecule has 0 bridgehead atoms. The van der Waals surface area contributed by atoms with Crippen molar-refractivity contribution < 1.29 is 0 Å². The minimum absolute atomic E-state index is 0.183. The summed E-state index contributed by atoms with van der Waals surface area (Å²) in [7, 11) is 2.03. The molecule has 1 N–H and O–H groups in total. The number of para-hydroxylation sites is 1. The molecule has 0 aliphatic heterocycles. The SMILES string of the molecule is CSCCCNC(=S)N(C)[C@H](C)c1nc2ccccc2s1. The van der Waals surface area contributed by atoms with Crippen molar-refractivity contribution in [2.75, 3.05) is 25.6 Å². The van der Waals surface area contributed by atoms with Gasteiger partial charge in [0.25, 0.3) is 0 Å². The lowest BCUT2D eigenvalue weighted by atomic mass is 10.3. The molecule has 0 unspecified atom stereocenters. The van der Waals surface area contributed by atoms with E-state index in [4.69, 9.17) is 17.2 Å². The molecule has 114 valence electrons. The van der Waals surface area contributed by atoms with Gasteiger partial charge in [0.1, 0.15) is 5.01 Å². The highest BCUT2D eigenvalue weighted by Crippen LogP contribution is 2.28. The number of thioether (sulfide) groups is 1. The molecule has 0 aliphatic carbocycles. The Morgan fingerprint density at radius 1 is 1.48 bits per heavy atom. The van der Waals surface area contributed by atoms with Crippen molar-refractivity contribution in [1.82, 2.24) is 15.2 Å². The van der Waals surface area contributed by atoms with Crippen LogP contribution < -0.4 is 5.32 Å². The molecule has 1 aromatic carbocycles. The molecule has 0 amide bonds. The molecule has 0 fully saturated rings. The van der Waals surface area contributed by atoms with Gasteiger partial charge in [-0.1, -0.05) is 12.1 Å². The number of nitrogens with one attached hydrogen (secondary N) is 1. The molecule has 21 heavy (non-hydrogen) atoms. The average molecular weight is 340 g/mol. The summed E-state index contributed by atoms with van der Waals surface area (Å²) in [5.74, 6) is 1.16. The molecule has 0 radical (unpaired) electrons. The third-order valence-corrected chi connectivity index (χ3v) is 5.71. The molecule has 1 heterocycles. The van der Waals surface area contributed by atoms with Gasteiger partial charge in [-0.3, -0.25) is 0 Å². The van der Waals surface area contributed by atoms with E-state index in [0.717, 1.165) is 34.4 Å². The van der Waals surface area contributed by atoms with Crippen molar-refractivity contribution in [2.45, 2.75) is 19.4 Å². The van der Waals surface area contributed by atoms with Crippen molar-refractivity contribution in [1.29, 1.82) is 0 Å². The number of hydrogen-bond donors (Lipinski definition) is 1. The van der Waals surface area contributed by atoms with Crippen LogP contribution in [0.5, 0.6) is 0 Å². The van der Waals surface area contributed by atoms with Crippen molar-refractivity contribution in [2.24, 2.45) is 0 Å². The normalized spacial score (nSPS) is 12.3. The smallest absolute Gasteiger partial charge is 0.169 e. The Morgan fingerprint density at radius 2 is 2.24 bits per heavy atom. The van der Waals surface area contributed by atoms with E-state index in [-0.39, 0.29) is 6.04 Å². The highest BCUT2D eigenvalue weighted by molar-refractivity contribution is 7.98. The molecular formula is C15H21N3S3. The lowest BCUT2D eigenvalue weighted by molar-refractivity contribution is 0.395. The van der Waals surface area contributed by atoms with Crippen molar-refractivity contribution in [3.05, 3.63) is 29.3 Å². The Bertz CT molecular complexity index is 564. The number of hydrogen-bond acceptors (Lipinski definition) is 4. The van der Waals surface area contributed by atoms with E-state index >= 15 is 0 Å². The molecular weight excluding hydrogens is 318 g/mol. The fourth-order valence-corrected chi connectivity index (χ4v) is 3.70. The van der Waals surface area contributed by atoms with Gasteiger partial charge >= 0.3 is 0 Å².